The number of esters is 1. The highest BCUT2D eigenvalue weighted by molar-refractivity contribution is 5.90. The molecule has 30 heavy (non-hydrogen) atoms. The van der Waals surface area contributed by atoms with Crippen molar-refractivity contribution in [2.75, 3.05) is 6.54 Å². The van der Waals surface area contributed by atoms with E-state index in [1.54, 1.807) is 13.0 Å². The van der Waals surface area contributed by atoms with Gasteiger partial charge in [0.2, 0.25) is 0 Å². The van der Waals surface area contributed by atoms with Gasteiger partial charge in [-0.05, 0) is 64.7 Å². The van der Waals surface area contributed by atoms with Crippen molar-refractivity contribution >= 4 is 18.0 Å². The lowest BCUT2D eigenvalue weighted by molar-refractivity contribution is -0.157. The van der Waals surface area contributed by atoms with E-state index < -0.39 is 12.1 Å². The van der Waals surface area contributed by atoms with E-state index in [0.29, 0.717) is 0 Å². The Morgan fingerprint density at radius 2 is 1.97 bits per heavy atom. The van der Waals surface area contributed by atoms with Crippen molar-refractivity contribution in [1.29, 1.82) is 0 Å². The highest BCUT2D eigenvalue weighted by Crippen LogP contribution is 2.21. The summed E-state index contributed by atoms with van der Waals surface area (Å²) in [7, 11) is 0. The molecule has 160 valence electrons. The molecule has 0 saturated carbocycles. The normalized spacial score (nSPS) is 17.9. The van der Waals surface area contributed by atoms with Crippen LogP contribution in [0.1, 0.15) is 56.5 Å². The molecule has 1 aromatic heterocycles. The average molecular weight is 410 g/mol. The Labute approximate surface area is 178 Å². The first-order valence-corrected chi connectivity index (χ1v) is 10.7. The SMILES string of the molecule is CCC1CCCCN1C(=O)C(C)OC(=O)/C=C/c1c(C)nn(-c2ccccc2)c1C. The molecule has 2 heterocycles. The fraction of sp³-hybridized carbons (Fsp3) is 0.458. The summed E-state index contributed by atoms with van der Waals surface area (Å²) < 4.78 is 7.26. The van der Waals surface area contributed by atoms with Crippen LogP contribution in [0.3, 0.4) is 0 Å². The summed E-state index contributed by atoms with van der Waals surface area (Å²) in [6.07, 6.45) is 6.41. The second-order valence-electron chi connectivity index (χ2n) is 7.83. The summed E-state index contributed by atoms with van der Waals surface area (Å²) >= 11 is 0. The van der Waals surface area contributed by atoms with Crippen LogP contribution in [0.25, 0.3) is 11.8 Å². The zero-order valence-electron chi connectivity index (χ0n) is 18.3. The lowest BCUT2D eigenvalue weighted by atomic mass is 9.99. The number of aryl methyl sites for hydroxylation is 1. The smallest absolute Gasteiger partial charge is 0.331 e. The van der Waals surface area contributed by atoms with Gasteiger partial charge in [0, 0.05) is 29.9 Å². The topological polar surface area (TPSA) is 64.4 Å². The highest BCUT2D eigenvalue weighted by Gasteiger charge is 2.30. The molecule has 6 nitrogen and oxygen atoms in total. The molecule has 1 fully saturated rings. The van der Waals surface area contributed by atoms with E-state index in [9.17, 15) is 9.59 Å². The van der Waals surface area contributed by atoms with Crippen molar-refractivity contribution in [2.24, 2.45) is 0 Å². The Balaban J connectivity index is 1.66. The van der Waals surface area contributed by atoms with Gasteiger partial charge in [0.15, 0.2) is 6.10 Å². The molecule has 1 aliphatic rings. The van der Waals surface area contributed by atoms with Gasteiger partial charge in [-0.2, -0.15) is 5.10 Å². The number of rotatable bonds is 6. The Morgan fingerprint density at radius 3 is 2.67 bits per heavy atom. The number of ether oxygens (including phenoxy) is 1. The van der Waals surface area contributed by atoms with E-state index in [2.05, 4.69) is 12.0 Å². The summed E-state index contributed by atoms with van der Waals surface area (Å²) in [5, 5.41) is 4.58. The van der Waals surface area contributed by atoms with Crippen LogP contribution in [-0.2, 0) is 14.3 Å². The summed E-state index contributed by atoms with van der Waals surface area (Å²) in [6.45, 7) is 8.36. The van der Waals surface area contributed by atoms with E-state index in [-0.39, 0.29) is 11.9 Å². The predicted molar refractivity (Wildman–Crippen MR) is 117 cm³/mol. The monoisotopic (exact) mass is 409 g/mol. The molecule has 0 aliphatic carbocycles. The fourth-order valence-electron chi connectivity index (χ4n) is 4.08. The van der Waals surface area contributed by atoms with Crippen LogP contribution in [0.5, 0.6) is 0 Å². The molecule has 1 saturated heterocycles. The number of amides is 1. The third kappa shape index (κ3) is 4.81. The van der Waals surface area contributed by atoms with Crippen LogP contribution in [0, 0.1) is 13.8 Å². The molecular formula is C24H31N3O3. The lowest BCUT2D eigenvalue weighted by Gasteiger charge is -2.36. The van der Waals surface area contributed by atoms with E-state index in [4.69, 9.17) is 4.74 Å². The molecule has 0 radical (unpaired) electrons. The highest BCUT2D eigenvalue weighted by atomic mass is 16.5. The number of benzene rings is 1. The van der Waals surface area contributed by atoms with Crippen molar-refractivity contribution in [3.05, 3.63) is 53.4 Å². The number of aromatic nitrogens is 2. The number of para-hydroxylation sites is 1. The van der Waals surface area contributed by atoms with E-state index in [1.165, 1.54) is 6.08 Å². The first-order valence-electron chi connectivity index (χ1n) is 10.7. The second kappa shape index (κ2) is 9.74. The first kappa shape index (κ1) is 21.8. The van der Waals surface area contributed by atoms with Crippen molar-refractivity contribution < 1.29 is 14.3 Å². The predicted octanol–water partition coefficient (Wildman–Crippen LogP) is 4.23. The Kier molecular flexibility index (Phi) is 7.08. The second-order valence-corrected chi connectivity index (χ2v) is 7.83. The minimum Gasteiger partial charge on any atom is -0.449 e. The molecule has 2 atom stereocenters. The summed E-state index contributed by atoms with van der Waals surface area (Å²) in [5.74, 6) is -0.625. The molecule has 3 rings (SSSR count). The molecule has 0 spiro atoms. The Hall–Kier alpha value is -2.89. The van der Waals surface area contributed by atoms with E-state index >= 15 is 0 Å². The van der Waals surface area contributed by atoms with E-state index in [1.807, 2.05) is 53.8 Å². The molecule has 6 heteroatoms. The maximum atomic E-state index is 12.8. The zero-order chi connectivity index (χ0) is 21.7. The van der Waals surface area contributed by atoms with Crippen LogP contribution >= 0.6 is 0 Å². The summed E-state index contributed by atoms with van der Waals surface area (Å²) in [5.41, 5.74) is 3.60. The maximum Gasteiger partial charge on any atom is 0.331 e. The number of carbonyl (C=O) groups excluding carboxylic acids is 2. The van der Waals surface area contributed by atoms with Gasteiger partial charge in [0.1, 0.15) is 0 Å². The third-order valence-electron chi connectivity index (χ3n) is 5.76. The van der Waals surface area contributed by atoms with Gasteiger partial charge in [-0.25, -0.2) is 9.48 Å². The third-order valence-corrected chi connectivity index (χ3v) is 5.76. The Morgan fingerprint density at radius 1 is 1.23 bits per heavy atom. The van der Waals surface area contributed by atoms with Crippen LogP contribution in [0.15, 0.2) is 36.4 Å². The standard InChI is InChI=1S/C24H31N3O3/c1-5-20-11-9-10-16-26(20)24(29)19(4)30-23(28)15-14-22-17(2)25-27(18(22)3)21-12-7-6-8-13-21/h6-8,12-15,19-20H,5,9-11,16H2,1-4H3/b15-14+. The van der Waals surface area contributed by atoms with Crippen molar-refractivity contribution in [1.82, 2.24) is 14.7 Å². The van der Waals surface area contributed by atoms with E-state index in [0.717, 1.165) is 54.9 Å². The molecule has 1 amide bonds. The maximum absolute atomic E-state index is 12.8. The molecule has 0 bridgehead atoms. The minimum absolute atomic E-state index is 0.104. The van der Waals surface area contributed by atoms with Crippen LogP contribution in [0.2, 0.25) is 0 Å². The lowest BCUT2D eigenvalue weighted by Crippen LogP contribution is -2.48. The molecule has 2 unspecified atom stereocenters. The number of piperidine rings is 1. The number of hydrogen-bond donors (Lipinski definition) is 0. The van der Waals surface area contributed by atoms with Gasteiger partial charge in [-0.15, -0.1) is 0 Å². The molecule has 1 aromatic carbocycles. The number of nitrogens with zero attached hydrogens (tertiary/aromatic N) is 3. The summed E-state index contributed by atoms with van der Waals surface area (Å²) in [4.78, 5) is 27.0. The Bertz CT molecular complexity index is 917. The van der Waals surface area contributed by atoms with Gasteiger partial charge in [-0.3, -0.25) is 4.79 Å². The molecule has 0 N–H and O–H groups in total. The quantitative estimate of drug-likeness (QED) is 0.529. The van der Waals surface area contributed by atoms with Gasteiger partial charge in [-0.1, -0.05) is 25.1 Å². The largest absolute Gasteiger partial charge is 0.449 e. The molecule has 2 aromatic rings. The average Bonchev–Trinajstić information content (AvgIpc) is 3.05. The van der Waals surface area contributed by atoms with Crippen molar-refractivity contribution in [3.8, 4) is 5.69 Å². The van der Waals surface area contributed by atoms with Gasteiger partial charge >= 0.3 is 5.97 Å². The minimum atomic E-state index is -0.788. The zero-order valence-corrected chi connectivity index (χ0v) is 18.3. The fourth-order valence-corrected chi connectivity index (χ4v) is 4.08. The van der Waals surface area contributed by atoms with Crippen LogP contribution < -0.4 is 0 Å². The number of hydrogen-bond acceptors (Lipinski definition) is 4. The molecular weight excluding hydrogens is 378 g/mol. The number of likely N-dealkylation sites (tertiary alicyclic amines) is 1. The van der Waals surface area contributed by atoms with Crippen LogP contribution in [0.4, 0.5) is 0 Å². The summed E-state index contributed by atoms with van der Waals surface area (Å²) in [6, 6.07) is 10.1. The van der Waals surface area contributed by atoms with Crippen molar-refractivity contribution in [2.45, 2.75) is 65.5 Å². The van der Waals surface area contributed by atoms with Crippen molar-refractivity contribution in [3.63, 3.8) is 0 Å². The van der Waals surface area contributed by atoms with Gasteiger partial charge in [0.05, 0.1) is 11.4 Å². The first-order chi connectivity index (χ1) is 14.4. The molecule has 1 aliphatic heterocycles. The van der Waals surface area contributed by atoms with Gasteiger partial charge < -0.3 is 9.64 Å². The number of carbonyl (C=O) groups is 2. The van der Waals surface area contributed by atoms with Crippen LogP contribution in [-0.4, -0.2) is 45.2 Å². The van der Waals surface area contributed by atoms with Gasteiger partial charge in [0.25, 0.3) is 5.91 Å².